The van der Waals surface area contributed by atoms with Gasteiger partial charge >= 0.3 is 0 Å². The lowest BCUT2D eigenvalue weighted by Crippen LogP contribution is -2.12. The van der Waals surface area contributed by atoms with Crippen LogP contribution in [0.2, 0.25) is 0 Å². The number of rotatable bonds is 5. The summed E-state index contributed by atoms with van der Waals surface area (Å²) in [6, 6.07) is 14.2. The van der Waals surface area contributed by atoms with Crippen molar-refractivity contribution in [1.29, 1.82) is 0 Å². The Kier molecular flexibility index (Phi) is 7.51. The van der Waals surface area contributed by atoms with Crippen LogP contribution in [0.15, 0.2) is 42.5 Å². The number of benzene rings is 3. The maximum absolute atomic E-state index is 11.0. The van der Waals surface area contributed by atoms with E-state index in [-0.39, 0.29) is 11.7 Å². The molecule has 2 aliphatic rings. The van der Waals surface area contributed by atoms with Gasteiger partial charge in [-0.2, -0.15) is 0 Å². The SMILES string of the molecule is Cc1cc(O)cc(C(c2cc(C3CCCCC3)c(O)cc2C)c2cc(C3CCCCC3)c(O)cc2C)c1. The molecule has 3 N–H and O–H groups in total. The molecule has 5 rings (SSSR count). The van der Waals surface area contributed by atoms with Gasteiger partial charge < -0.3 is 15.3 Å². The molecule has 0 spiro atoms. The highest BCUT2D eigenvalue weighted by Crippen LogP contribution is 2.46. The van der Waals surface area contributed by atoms with Crippen molar-refractivity contribution in [2.24, 2.45) is 0 Å². The van der Waals surface area contributed by atoms with Crippen LogP contribution in [-0.4, -0.2) is 15.3 Å². The minimum atomic E-state index is -0.100. The standard InChI is InChI=1S/C34H42O3/c1-21-14-26(18-27(35)15-21)34(28-19-30(32(36)16-22(28)2)24-10-6-4-7-11-24)29-20-31(33(37)17-23(29)3)25-12-8-5-9-13-25/h14-20,24-25,34-37H,4-13H2,1-3H3. The second kappa shape index (κ2) is 10.8. The van der Waals surface area contributed by atoms with Gasteiger partial charge in [0, 0.05) is 5.92 Å². The molecule has 0 aliphatic heterocycles. The molecule has 0 bridgehead atoms. The van der Waals surface area contributed by atoms with Crippen LogP contribution in [0, 0.1) is 20.8 Å². The molecule has 0 atom stereocenters. The summed E-state index contributed by atoms with van der Waals surface area (Å²) in [7, 11) is 0. The molecule has 0 heterocycles. The molecule has 0 radical (unpaired) electrons. The van der Waals surface area contributed by atoms with E-state index in [0.29, 0.717) is 23.3 Å². The van der Waals surface area contributed by atoms with Crippen LogP contribution in [0.4, 0.5) is 0 Å². The molecule has 2 aliphatic carbocycles. The van der Waals surface area contributed by atoms with E-state index < -0.39 is 0 Å². The summed E-state index contributed by atoms with van der Waals surface area (Å²) in [6.45, 7) is 6.19. The molecule has 0 aromatic heterocycles. The highest BCUT2D eigenvalue weighted by Gasteiger charge is 2.28. The molecular weight excluding hydrogens is 456 g/mol. The van der Waals surface area contributed by atoms with E-state index in [1.54, 1.807) is 6.07 Å². The first-order valence-electron chi connectivity index (χ1n) is 14.3. The summed E-state index contributed by atoms with van der Waals surface area (Å²) in [5.74, 6) is 1.76. The topological polar surface area (TPSA) is 60.7 Å². The fraction of sp³-hybridized carbons (Fsp3) is 0.471. The maximum Gasteiger partial charge on any atom is 0.119 e. The van der Waals surface area contributed by atoms with Crippen molar-refractivity contribution in [3.05, 3.63) is 87.0 Å². The van der Waals surface area contributed by atoms with Crippen LogP contribution >= 0.6 is 0 Å². The third kappa shape index (κ3) is 5.37. The van der Waals surface area contributed by atoms with Gasteiger partial charge in [0.1, 0.15) is 17.2 Å². The number of aromatic hydroxyl groups is 3. The number of phenols is 3. The Bertz CT molecular complexity index is 1170. The molecule has 196 valence electrons. The predicted octanol–water partition coefficient (Wildman–Crippen LogP) is 9.00. The molecule has 2 saturated carbocycles. The van der Waals surface area contributed by atoms with E-state index in [4.69, 9.17) is 0 Å². The van der Waals surface area contributed by atoms with Gasteiger partial charge in [0.05, 0.1) is 0 Å². The average Bonchev–Trinajstić information content (AvgIpc) is 2.87. The van der Waals surface area contributed by atoms with Gasteiger partial charge in [-0.15, -0.1) is 0 Å². The zero-order chi connectivity index (χ0) is 26.1. The Morgan fingerprint density at radius 1 is 0.568 bits per heavy atom. The van der Waals surface area contributed by atoms with Gasteiger partial charge in [-0.1, -0.05) is 56.7 Å². The number of hydrogen-bond donors (Lipinski definition) is 3. The number of phenolic OH excluding ortho intramolecular Hbond substituents is 3. The van der Waals surface area contributed by atoms with Crippen LogP contribution in [0.3, 0.4) is 0 Å². The monoisotopic (exact) mass is 498 g/mol. The maximum atomic E-state index is 11.0. The number of hydrogen-bond acceptors (Lipinski definition) is 3. The van der Waals surface area contributed by atoms with Gasteiger partial charge in [0.2, 0.25) is 0 Å². The van der Waals surface area contributed by atoms with E-state index in [9.17, 15) is 15.3 Å². The Morgan fingerprint density at radius 2 is 1.03 bits per heavy atom. The highest BCUT2D eigenvalue weighted by molar-refractivity contribution is 5.56. The first-order chi connectivity index (χ1) is 17.8. The van der Waals surface area contributed by atoms with Crippen molar-refractivity contribution < 1.29 is 15.3 Å². The summed E-state index contributed by atoms with van der Waals surface area (Å²) in [5, 5.41) is 32.6. The predicted molar refractivity (Wildman–Crippen MR) is 151 cm³/mol. The van der Waals surface area contributed by atoms with Crippen LogP contribution in [0.1, 0.15) is 126 Å². The van der Waals surface area contributed by atoms with E-state index >= 15 is 0 Å². The van der Waals surface area contributed by atoms with Gasteiger partial charge in [-0.25, -0.2) is 0 Å². The Morgan fingerprint density at radius 3 is 1.46 bits per heavy atom. The minimum absolute atomic E-state index is 0.100. The van der Waals surface area contributed by atoms with Gasteiger partial charge in [0.15, 0.2) is 0 Å². The lowest BCUT2D eigenvalue weighted by Gasteiger charge is -2.29. The summed E-state index contributed by atoms with van der Waals surface area (Å²) in [5.41, 5.74) is 8.64. The first-order valence-corrected chi connectivity index (χ1v) is 14.3. The molecule has 3 nitrogen and oxygen atoms in total. The summed E-state index contributed by atoms with van der Waals surface area (Å²) in [6.07, 6.45) is 11.9. The van der Waals surface area contributed by atoms with E-state index in [2.05, 4.69) is 32.0 Å². The third-order valence-electron chi connectivity index (χ3n) is 8.96. The lowest BCUT2D eigenvalue weighted by molar-refractivity contribution is 0.413. The van der Waals surface area contributed by atoms with Crippen LogP contribution in [0.25, 0.3) is 0 Å². The largest absolute Gasteiger partial charge is 0.508 e. The van der Waals surface area contributed by atoms with Gasteiger partial charge in [-0.3, -0.25) is 0 Å². The Labute approximate surface area is 222 Å². The van der Waals surface area contributed by atoms with Crippen molar-refractivity contribution >= 4 is 0 Å². The zero-order valence-electron chi connectivity index (χ0n) is 22.7. The van der Waals surface area contributed by atoms with Crippen LogP contribution < -0.4 is 0 Å². The smallest absolute Gasteiger partial charge is 0.119 e. The normalized spacial score (nSPS) is 17.4. The highest BCUT2D eigenvalue weighted by atomic mass is 16.3. The molecule has 0 unspecified atom stereocenters. The molecular formula is C34H42O3. The van der Waals surface area contributed by atoms with Crippen molar-refractivity contribution in [1.82, 2.24) is 0 Å². The lowest BCUT2D eigenvalue weighted by atomic mass is 9.75. The second-order valence-electron chi connectivity index (χ2n) is 11.7. The van der Waals surface area contributed by atoms with Crippen molar-refractivity contribution in [3.63, 3.8) is 0 Å². The van der Waals surface area contributed by atoms with E-state index in [1.807, 2.05) is 25.1 Å². The molecule has 0 saturated heterocycles. The quantitative estimate of drug-likeness (QED) is 0.308. The van der Waals surface area contributed by atoms with Crippen LogP contribution in [0.5, 0.6) is 17.2 Å². The summed E-state index contributed by atoms with van der Waals surface area (Å²) < 4.78 is 0. The number of aryl methyl sites for hydroxylation is 3. The third-order valence-corrected chi connectivity index (χ3v) is 8.96. The molecule has 3 heteroatoms. The average molecular weight is 499 g/mol. The minimum Gasteiger partial charge on any atom is -0.508 e. The first kappa shape index (κ1) is 25.7. The van der Waals surface area contributed by atoms with E-state index in [0.717, 1.165) is 59.1 Å². The van der Waals surface area contributed by atoms with Crippen molar-refractivity contribution in [2.45, 2.75) is 103 Å². The molecule has 3 aromatic carbocycles. The van der Waals surface area contributed by atoms with Crippen molar-refractivity contribution in [3.8, 4) is 17.2 Å². The van der Waals surface area contributed by atoms with Gasteiger partial charge in [-0.05, 0) is 127 Å². The van der Waals surface area contributed by atoms with Crippen molar-refractivity contribution in [2.75, 3.05) is 0 Å². The molecule has 3 aromatic rings. The molecule has 37 heavy (non-hydrogen) atoms. The fourth-order valence-corrected chi connectivity index (χ4v) is 7.04. The zero-order valence-corrected chi connectivity index (χ0v) is 22.7. The Balaban J connectivity index is 1.71. The molecule has 0 amide bonds. The fourth-order valence-electron chi connectivity index (χ4n) is 7.04. The summed E-state index contributed by atoms with van der Waals surface area (Å²) in [4.78, 5) is 0. The summed E-state index contributed by atoms with van der Waals surface area (Å²) >= 11 is 0. The van der Waals surface area contributed by atoms with Crippen LogP contribution in [-0.2, 0) is 0 Å². The Hall–Kier alpha value is -2.94. The molecule has 2 fully saturated rings. The second-order valence-corrected chi connectivity index (χ2v) is 11.7. The van der Waals surface area contributed by atoms with Gasteiger partial charge in [0.25, 0.3) is 0 Å². The van der Waals surface area contributed by atoms with E-state index in [1.165, 1.54) is 49.7 Å².